The Bertz CT molecular complexity index is 729. The van der Waals surface area contributed by atoms with Crippen molar-refractivity contribution < 1.29 is 23.8 Å². The number of nitrogens with zero attached hydrogens (tertiary/aromatic N) is 4. The van der Waals surface area contributed by atoms with E-state index in [1.165, 1.54) is 0 Å². The van der Waals surface area contributed by atoms with E-state index in [4.69, 9.17) is 14.2 Å². The highest BCUT2D eigenvalue weighted by Crippen LogP contribution is 2.15. The van der Waals surface area contributed by atoms with Crippen LogP contribution < -0.4 is 0 Å². The molecule has 2 amide bonds. The fourth-order valence-corrected chi connectivity index (χ4v) is 4.40. The van der Waals surface area contributed by atoms with E-state index in [2.05, 4.69) is 9.80 Å². The topological polar surface area (TPSA) is 74.8 Å². The number of carbonyl (C=O) groups is 2. The molecule has 0 N–H and O–H groups in total. The Labute approximate surface area is 189 Å². The van der Waals surface area contributed by atoms with Crippen molar-refractivity contribution in [3.05, 3.63) is 35.9 Å². The van der Waals surface area contributed by atoms with E-state index in [1.54, 1.807) is 4.90 Å². The minimum atomic E-state index is -0.294. The van der Waals surface area contributed by atoms with Gasteiger partial charge < -0.3 is 24.0 Å². The maximum Gasteiger partial charge on any atom is 0.410 e. The average Bonchev–Trinajstić information content (AvgIpc) is 2.87. The van der Waals surface area contributed by atoms with Crippen LogP contribution in [0.15, 0.2) is 30.3 Å². The van der Waals surface area contributed by atoms with Gasteiger partial charge in [0.25, 0.3) is 0 Å². The molecule has 176 valence electrons. The normalized spacial score (nSPS) is 21.9. The third kappa shape index (κ3) is 6.19. The van der Waals surface area contributed by atoms with Gasteiger partial charge in [-0.25, -0.2) is 4.79 Å². The van der Waals surface area contributed by atoms with Gasteiger partial charge in [-0.2, -0.15) is 0 Å². The number of ether oxygens (including phenoxy) is 3. The first kappa shape index (κ1) is 23.0. The molecule has 0 aromatic heterocycles. The number of carbonyl (C=O) groups excluding carboxylic acids is 2. The maximum absolute atomic E-state index is 13.4. The third-order valence-electron chi connectivity index (χ3n) is 6.36. The van der Waals surface area contributed by atoms with Crippen LogP contribution in [-0.2, 0) is 25.6 Å². The first-order valence-electron chi connectivity index (χ1n) is 11.6. The van der Waals surface area contributed by atoms with Crippen molar-refractivity contribution >= 4 is 12.0 Å². The smallest absolute Gasteiger partial charge is 0.410 e. The number of hydrogen-bond acceptors (Lipinski definition) is 7. The van der Waals surface area contributed by atoms with Gasteiger partial charge in [-0.15, -0.1) is 0 Å². The van der Waals surface area contributed by atoms with Crippen molar-refractivity contribution in [2.45, 2.75) is 12.6 Å². The summed E-state index contributed by atoms with van der Waals surface area (Å²) in [4.78, 5) is 34.1. The molecule has 3 aliphatic heterocycles. The first-order valence-corrected chi connectivity index (χ1v) is 11.6. The number of amides is 2. The molecule has 9 heteroatoms. The van der Waals surface area contributed by atoms with E-state index in [9.17, 15) is 9.59 Å². The van der Waals surface area contributed by atoms with Crippen LogP contribution in [0.4, 0.5) is 4.79 Å². The van der Waals surface area contributed by atoms with Crippen molar-refractivity contribution in [2.75, 3.05) is 85.3 Å². The van der Waals surface area contributed by atoms with E-state index in [-0.39, 0.29) is 24.6 Å². The molecular formula is C23H34N4O5. The first-order chi connectivity index (χ1) is 15.7. The van der Waals surface area contributed by atoms with Crippen molar-refractivity contribution in [1.29, 1.82) is 0 Å². The van der Waals surface area contributed by atoms with Crippen LogP contribution in [-0.4, -0.2) is 123 Å². The summed E-state index contributed by atoms with van der Waals surface area (Å²) in [5, 5.41) is 0. The molecule has 0 saturated carbocycles. The van der Waals surface area contributed by atoms with E-state index < -0.39 is 0 Å². The molecule has 0 spiro atoms. The Morgan fingerprint density at radius 2 is 1.44 bits per heavy atom. The van der Waals surface area contributed by atoms with Gasteiger partial charge in [-0.05, 0) is 5.56 Å². The van der Waals surface area contributed by atoms with Crippen LogP contribution in [0.1, 0.15) is 5.56 Å². The van der Waals surface area contributed by atoms with Gasteiger partial charge >= 0.3 is 6.09 Å². The molecule has 3 heterocycles. The molecule has 4 rings (SSSR count). The minimum absolute atomic E-state index is 0.167. The van der Waals surface area contributed by atoms with Gasteiger partial charge in [0.05, 0.1) is 26.4 Å². The van der Waals surface area contributed by atoms with E-state index in [1.807, 2.05) is 35.2 Å². The largest absolute Gasteiger partial charge is 0.445 e. The van der Waals surface area contributed by atoms with E-state index in [0.29, 0.717) is 72.2 Å². The second-order valence-corrected chi connectivity index (χ2v) is 8.43. The molecule has 9 nitrogen and oxygen atoms in total. The maximum atomic E-state index is 13.4. The monoisotopic (exact) mass is 446 g/mol. The van der Waals surface area contributed by atoms with Crippen LogP contribution in [0.2, 0.25) is 0 Å². The standard InChI is InChI=1S/C23H34N4O5/c28-22(26-12-16-31-17-13-26)21(18-24-10-14-30-15-11-24)25-6-8-27(9-7-25)23(29)32-19-20-4-2-1-3-5-20/h1-5,21H,6-19H2/t21-/m0/s1. The quantitative estimate of drug-likeness (QED) is 0.630. The summed E-state index contributed by atoms with van der Waals surface area (Å²) >= 11 is 0. The van der Waals surface area contributed by atoms with Gasteiger partial charge in [0.15, 0.2) is 0 Å². The predicted octanol–water partition coefficient (Wildman–Crippen LogP) is 0.500. The van der Waals surface area contributed by atoms with Crippen LogP contribution in [0.5, 0.6) is 0 Å². The van der Waals surface area contributed by atoms with Crippen LogP contribution in [0.25, 0.3) is 0 Å². The van der Waals surface area contributed by atoms with Crippen LogP contribution >= 0.6 is 0 Å². The number of morpholine rings is 2. The number of benzene rings is 1. The van der Waals surface area contributed by atoms with Crippen molar-refractivity contribution in [1.82, 2.24) is 19.6 Å². The third-order valence-corrected chi connectivity index (χ3v) is 6.36. The molecule has 0 aliphatic carbocycles. The summed E-state index contributed by atoms with van der Waals surface area (Å²) in [5.74, 6) is 0.167. The predicted molar refractivity (Wildman–Crippen MR) is 118 cm³/mol. The summed E-state index contributed by atoms with van der Waals surface area (Å²) in [7, 11) is 0. The van der Waals surface area contributed by atoms with Crippen LogP contribution in [0.3, 0.4) is 0 Å². The Hall–Kier alpha value is -2.20. The van der Waals surface area contributed by atoms with Gasteiger partial charge in [-0.1, -0.05) is 30.3 Å². The molecule has 32 heavy (non-hydrogen) atoms. The summed E-state index contributed by atoms with van der Waals surface area (Å²) in [6, 6.07) is 9.48. The molecule has 1 aromatic rings. The lowest BCUT2D eigenvalue weighted by Crippen LogP contribution is -2.61. The van der Waals surface area contributed by atoms with Gasteiger partial charge in [0, 0.05) is 58.9 Å². The number of piperazine rings is 1. The Balaban J connectivity index is 1.32. The highest BCUT2D eigenvalue weighted by molar-refractivity contribution is 5.82. The summed E-state index contributed by atoms with van der Waals surface area (Å²) < 4.78 is 16.4. The zero-order chi connectivity index (χ0) is 22.2. The molecule has 0 radical (unpaired) electrons. The zero-order valence-electron chi connectivity index (χ0n) is 18.7. The molecule has 1 atom stereocenters. The van der Waals surface area contributed by atoms with E-state index in [0.717, 1.165) is 18.7 Å². The molecule has 0 unspecified atom stereocenters. The lowest BCUT2D eigenvalue weighted by atomic mass is 10.1. The van der Waals surface area contributed by atoms with Crippen LogP contribution in [0, 0.1) is 0 Å². The lowest BCUT2D eigenvalue weighted by Gasteiger charge is -2.42. The molecule has 3 fully saturated rings. The Kier molecular flexibility index (Phi) is 8.33. The fraction of sp³-hybridized carbons (Fsp3) is 0.652. The molecule has 3 saturated heterocycles. The summed E-state index contributed by atoms with van der Waals surface area (Å²) in [5.41, 5.74) is 0.973. The van der Waals surface area contributed by atoms with Gasteiger partial charge in [0.1, 0.15) is 12.6 Å². The Morgan fingerprint density at radius 3 is 2.09 bits per heavy atom. The summed E-state index contributed by atoms with van der Waals surface area (Å²) in [6.45, 7) is 8.98. The average molecular weight is 447 g/mol. The minimum Gasteiger partial charge on any atom is -0.445 e. The Morgan fingerprint density at radius 1 is 0.812 bits per heavy atom. The fourth-order valence-electron chi connectivity index (χ4n) is 4.40. The highest BCUT2D eigenvalue weighted by Gasteiger charge is 2.35. The number of rotatable bonds is 6. The van der Waals surface area contributed by atoms with Crippen molar-refractivity contribution in [3.8, 4) is 0 Å². The van der Waals surface area contributed by atoms with Crippen molar-refractivity contribution in [2.24, 2.45) is 0 Å². The summed E-state index contributed by atoms with van der Waals surface area (Å²) in [6.07, 6.45) is -0.294. The lowest BCUT2D eigenvalue weighted by molar-refractivity contribution is -0.143. The highest BCUT2D eigenvalue weighted by atomic mass is 16.6. The number of hydrogen-bond donors (Lipinski definition) is 0. The molecule has 0 bridgehead atoms. The molecule has 1 aromatic carbocycles. The van der Waals surface area contributed by atoms with Gasteiger partial charge in [-0.3, -0.25) is 14.6 Å². The SMILES string of the molecule is O=C(OCc1ccccc1)N1CCN([C@@H](CN2CCOCC2)C(=O)N2CCOCC2)CC1. The second kappa shape index (κ2) is 11.6. The zero-order valence-corrected chi connectivity index (χ0v) is 18.7. The molecular weight excluding hydrogens is 412 g/mol. The second-order valence-electron chi connectivity index (χ2n) is 8.43. The molecule has 3 aliphatic rings. The van der Waals surface area contributed by atoms with Crippen molar-refractivity contribution in [3.63, 3.8) is 0 Å². The van der Waals surface area contributed by atoms with E-state index >= 15 is 0 Å². The van der Waals surface area contributed by atoms with Gasteiger partial charge in [0.2, 0.25) is 5.91 Å².